The van der Waals surface area contributed by atoms with E-state index in [1.807, 2.05) is 4.90 Å². The second-order valence-corrected chi connectivity index (χ2v) is 5.24. The summed E-state index contributed by atoms with van der Waals surface area (Å²) in [4.78, 5) is 14.2. The van der Waals surface area contributed by atoms with E-state index in [1.54, 1.807) is 7.11 Å². The molecule has 0 spiro atoms. The first-order valence-corrected chi connectivity index (χ1v) is 6.81. The van der Waals surface area contributed by atoms with E-state index < -0.39 is 0 Å². The van der Waals surface area contributed by atoms with E-state index in [2.05, 4.69) is 5.32 Å². The van der Waals surface area contributed by atoms with Crippen molar-refractivity contribution < 1.29 is 9.53 Å². The Labute approximate surface area is 116 Å². The van der Waals surface area contributed by atoms with Gasteiger partial charge < -0.3 is 15.0 Å². The van der Waals surface area contributed by atoms with Gasteiger partial charge in [0.25, 0.3) is 0 Å². The van der Waals surface area contributed by atoms with Gasteiger partial charge in [0.15, 0.2) is 0 Å². The molecule has 1 amide bonds. The molecular formula is C13H25ClN2O2. The molecule has 0 aromatic rings. The number of piperidine rings is 2. The van der Waals surface area contributed by atoms with Gasteiger partial charge in [-0.1, -0.05) is 0 Å². The highest BCUT2D eigenvalue weighted by molar-refractivity contribution is 5.85. The van der Waals surface area contributed by atoms with Crippen molar-refractivity contribution in [2.75, 3.05) is 33.3 Å². The lowest BCUT2D eigenvalue weighted by molar-refractivity contribution is -0.135. The van der Waals surface area contributed by atoms with Gasteiger partial charge in [-0.2, -0.15) is 0 Å². The minimum atomic E-state index is 0. The summed E-state index contributed by atoms with van der Waals surface area (Å²) in [6.07, 6.45) is 5.45. The van der Waals surface area contributed by atoms with Gasteiger partial charge >= 0.3 is 0 Å². The molecule has 0 aliphatic carbocycles. The number of likely N-dealkylation sites (tertiary alicyclic amines) is 1. The lowest BCUT2D eigenvalue weighted by Gasteiger charge is -2.33. The van der Waals surface area contributed by atoms with E-state index in [0.29, 0.717) is 11.8 Å². The minimum Gasteiger partial charge on any atom is -0.380 e. The molecule has 0 saturated carbocycles. The molecular weight excluding hydrogens is 252 g/mol. The van der Waals surface area contributed by atoms with Crippen LogP contribution in [0.2, 0.25) is 0 Å². The highest BCUT2D eigenvalue weighted by atomic mass is 35.5. The predicted octanol–water partition coefficient (Wildman–Crippen LogP) is 1.44. The van der Waals surface area contributed by atoms with Gasteiger partial charge in [-0.25, -0.2) is 0 Å². The smallest absolute Gasteiger partial charge is 0.222 e. The van der Waals surface area contributed by atoms with Crippen LogP contribution in [0, 0.1) is 5.92 Å². The first-order chi connectivity index (χ1) is 8.29. The van der Waals surface area contributed by atoms with Gasteiger partial charge in [0.2, 0.25) is 5.91 Å². The van der Waals surface area contributed by atoms with Crippen LogP contribution in [0.3, 0.4) is 0 Å². The molecule has 2 aliphatic heterocycles. The molecule has 1 atom stereocenters. The maximum Gasteiger partial charge on any atom is 0.222 e. The second-order valence-electron chi connectivity index (χ2n) is 5.24. The Morgan fingerprint density at radius 3 is 2.72 bits per heavy atom. The fourth-order valence-corrected chi connectivity index (χ4v) is 2.82. The van der Waals surface area contributed by atoms with E-state index >= 15 is 0 Å². The standard InChI is InChI=1S/C13H24N2O2.ClH/c1-17-12-3-2-8-15(10-12)13(16)9-11-4-6-14-7-5-11;/h11-12,14H,2-10H2,1H3;1H. The number of ether oxygens (including phenoxy) is 1. The fraction of sp³-hybridized carbons (Fsp3) is 0.923. The predicted molar refractivity (Wildman–Crippen MR) is 74.1 cm³/mol. The topological polar surface area (TPSA) is 41.6 Å². The van der Waals surface area contributed by atoms with Gasteiger partial charge in [-0.05, 0) is 44.7 Å². The van der Waals surface area contributed by atoms with Gasteiger partial charge in [0.1, 0.15) is 0 Å². The zero-order valence-electron chi connectivity index (χ0n) is 11.2. The number of amides is 1. The van der Waals surface area contributed by atoms with Crippen LogP contribution in [-0.4, -0.2) is 50.2 Å². The molecule has 5 heteroatoms. The molecule has 4 nitrogen and oxygen atoms in total. The quantitative estimate of drug-likeness (QED) is 0.848. The van der Waals surface area contributed by atoms with Crippen molar-refractivity contribution in [2.45, 2.75) is 38.2 Å². The fourth-order valence-electron chi connectivity index (χ4n) is 2.82. The van der Waals surface area contributed by atoms with Crippen molar-refractivity contribution in [3.63, 3.8) is 0 Å². The highest BCUT2D eigenvalue weighted by Gasteiger charge is 2.25. The van der Waals surface area contributed by atoms with Crippen LogP contribution in [0.1, 0.15) is 32.1 Å². The Morgan fingerprint density at radius 1 is 1.33 bits per heavy atom. The molecule has 2 fully saturated rings. The average Bonchev–Trinajstić information content (AvgIpc) is 2.40. The monoisotopic (exact) mass is 276 g/mol. The third kappa shape index (κ3) is 4.41. The molecule has 0 aromatic carbocycles. The zero-order chi connectivity index (χ0) is 12.1. The Kier molecular flexibility index (Phi) is 6.97. The van der Waals surface area contributed by atoms with Crippen molar-refractivity contribution >= 4 is 18.3 Å². The second kappa shape index (κ2) is 7.97. The van der Waals surface area contributed by atoms with Crippen molar-refractivity contribution in [3.05, 3.63) is 0 Å². The number of carbonyl (C=O) groups excluding carboxylic acids is 1. The SMILES string of the molecule is COC1CCCN(C(=O)CC2CCNCC2)C1.Cl. The Morgan fingerprint density at radius 2 is 2.06 bits per heavy atom. The molecule has 2 rings (SSSR count). The first-order valence-electron chi connectivity index (χ1n) is 6.81. The molecule has 1 N–H and O–H groups in total. The molecule has 106 valence electrons. The lowest BCUT2D eigenvalue weighted by Crippen LogP contribution is -2.44. The molecule has 1 unspecified atom stereocenters. The number of hydrogen-bond acceptors (Lipinski definition) is 3. The van der Waals surface area contributed by atoms with Crippen molar-refractivity contribution in [3.8, 4) is 0 Å². The van der Waals surface area contributed by atoms with Gasteiger partial charge in [-0.3, -0.25) is 4.79 Å². The van der Waals surface area contributed by atoms with Gasteiger partial charge in [0.05, 0.1) is 6.10 Å². The van der Waals surface area contributed by atoms with E-state index in [-0.39, 0.29) is 18.5 Å². The van der Waals surface area contributed by atoms with Crippen LogP contribution < -0.4 is 5.32 Å². The van der Waals surface area contributed by atoms with Gasteiger partial charge in [0, 0.05) is 26.6 Å². The van der Waals surface area contributed by atoms with E-state index in [9.17, 15) is 4.79 Å². The van der Waals surface area contributed by atoms with E-state index in [4.69, 9.17) is 4.74 Å². The molecule has 2 heterocycles. The van der Waals surface area contributed by atoms with Crippen LogP contribution in [0.25, 0.3) is 0 Å². The number of nitrogens with zero attached hydrogens (tertiary/aromatic N) is 1. The number of nitrogens with one attached hydrogen (secondary N) is 1. The Hall–Kier alpha value is -0.320. The van der Waals surface area contributed by atoms with E-state index in [1.165, 1.54) is 0 Å². The van der Waals surface area contributed by atoms with Crippen molar-refractivity contribution in [2.24, 2.45) is 5.92 Å². The molecule has 0 aromatic heterocycles. The molecule has 2 saturated heterocycles. The van der Waals surface area contributed by atoms with E-state index in [0.717, 1.165) is 58.3 Å². The highest BCUT2D eigenvalue weighted by Crippen LogP contribution is 2.19. The summed E-state index contributed by atoms with van der Waals surface area (Å²) in [5.41, 5.74) is 0. The average molecular weight is 277 g/mol. The summed E-state index contributed by atoms with van der Waals surface area (Å²) >= 11 is 0. The molecule has 2 aliphatic rings. The Balaban J connectivity index is 0.00000162. The number of methoxy groups -OCH3 is 1. The number of carbonyl (C=O) groups is 1. The van der Waals surface area contributed by atoms with Crippen molar-refractivity contribution in [1.29, 1.82) is 0 Å². The normalized spacial score (nSPS) is 25.6. The van der Waals surface area contributed by atoms with Crippen LogP contribution in [0.4, 0.5) is 0 Å². The lowest BCUT2D eigenvalue weighted by atomic mass is 9.93. The summed E-state index contributed by atoms with van der Waals surface area (Å²) in [5.74, 6) is 0.922. The zero-order valence-corrected chi connectivity index (χ0v) is 12.0. The van der Waals surface area contributed by atoms with Crippen LogP contribution in [0.15, 0.2) is 0 Å². The third-order valence-electron chi connectivity index (χ3n) is 3.99. The summed E-state index contributed by atoms with van der Waals surface area (Å²) in [5, 5.41) is 3.34. The molecule has 0 bridgehead atoms. The molecule has 18 heavy (non-hydrogen) atoms. The maximum absolute atomic E-state index is 12.2. The third-order valence-corrected chi connectivity index (χ3v) is 3.99. The van der Waals surface area contributed by atoms with Gasteiger partial charge in [-0.15, -0.1) is 12.4 Å². The van der Waals surface area contributed by atoms with Crippen molar-refractivity contribution in [1.82, 2.24) is 10.2 Å². The summed E-state index contributed by atoms with van der Waals surface area (Å²) < 4.78 is 5.36. The first kappa shape index (κ1) is 15.7. The number of halogens is 1. The minimum absolute atomic E-state index is 0. The maximum atomic E-state index is 12.2. The number of hydrogen-bond donors (Lipinski definition) is 1. The van der Waals surface area contributed by atoms with Crippen LogP contribution in [-0.2, 0) is 9.53 Å². The summed E-state index contributed by atoms with van der Waals surface area (Å²) in [6.45, 7) is 3.85. The summed E-state index contributed by atoms with van der Waals surface area (Å²) in [7, 11) is 1.74. The number of rotatable bonds is 3. The van der Waals surface area contributed by atoms with Crippen LogP contribution in [0.5, 0.6) is 0 Å². The summed E-state index contributed by atoms with van der Waals surface area (Å²) in [6, 6.07) is 0. The van der Waals surface area contributed by atoms with Crippen LogP contribution >= 0.6 is 12.4 Å². The molecule has 0 radical (unpaired) electrons. The Bertz CT molecular complexity index is 257. The largest absolute Gasteiger partial charge is 0.380 e.